The third-order valence-electron chi connectivity index (χ3n) is 7.09. The van der Waals surface area contributed by atoms with Crippen LogP contribution in [0.25, 0.3) is 22.1 Å². The lowest BCUT2D eigenvalue weighted by Gasteiger charge is -2.42. The van der Waals surface area contributed by atoms with E-state index < -0.39 is 68.5 Å². The maximum absolute atomic E-state index is 13.2. The van der Waals surface area contributed by atoms with Crippen molar-refractivity contribution in [2.45, 2.75) is 48.7 Å². The topological polar surface area (TPSA) is 198 Å². The Hall–Kier alpha value is -3.11. The molecule has 1 aromatic heterocycles. The molecule has 6 N–H and O–H groups in total. The van der Waals surface area contributed by atoms with Crippen molar-refractivity contribution in [2.75, 3.05) is 26.9 Å². The molecule has 0 aliphatic carbocycles. The van der Waals surface area contributed by atoms with Crippen LogP contribution in [-0.4, -0.2) is 106 Å². The normalized spacial score (nSPS) is 32.3. The van der Waals surface area contributed by atoms with Crippen LogP contribution in [0.5, 0.6) is 11.5 Å². The summed E-state index contributed by atoms with van der Waals surface area (Å²) < 4.78 is 33.3. The van der Waals surface area contributed by atoms with E-state index in [1.807, 2.05) is 0 Å². The smallest absolute Gasteiger partial charge is 0.229 e. The molecule has 0 unspecified atom stereocenters. The Balaban J connectivity index is 1.40. The summed E-state index contributed by atoms with van der Waals surface area (Å²) in [6, 6.07) is 11.3. The van der Waals surface area contributed by atoms with Crippen molar-refractivity contribution in [3.63, 3.8) is 0 Å². The molecule has 3 heterocycles. The van der Waals surface area contributed by atoms with Crippen molar-refractivity contribution in [2.24, 2.45) is 0 Å². The molecule has 0 saturated carbocycles. The Morgan fingerprint density at radius 2 is 1.73 bits per heavy atom. The van der Waals surface area contributed by atoms with Crippen molar-refractivity contribution in [3.8, 4) is 22.6 Å². The predicted molar refractivity (Wildman–Crippen MR) is 136 cm³/mol. The van der Waals surface area contributed by atoms with Crippen molar-refractivity contribution < 1.29 is 58.7 Å². The van der Waals surface area contributed by atoms with E-state index in [9.17, 15) is 35.4 Å². The second kappa shape index (κ2) is 11.4. The van der Waals surface area contributed by atoms with E-state index in [0.717, 1.165) is 0 Å². The first kappa shape index (κ1) is 28.4. The molecule has 216 valence electrons. The van der Waals surface area contributed by atoms with Crippen LogP contribution in [0.4, 0.5) is 0 Å². The van der Waals surface area contributed by atoms with Crippen LogP contribution in [0.2, 0.25) is 0 Å². The van der Waals surface area contributed by atoms with Crippen LogP contribution in [0, 0.1) is 0 Å². The minimum atomic E-state index is -1.99. The number of aliphatic hydroxyl groups excluding tert-OH is 5. The zero-order valence-electron chi connectivity index (χ0n) is 21.3. The van der Waals surface area contributed by atoms with Crippen LogP contribution in [0.15, 0.2) is 57.9 Å². The van der Waals surface area contributed by atoms with Gasteiger partial charge in [-0.05, 0) is 29.8 Å². The highest BCUT2D eigenvalue weighted by Gasteiger charge is 2.53. The van der Waals surface area contributed by atoms with Gasteiger partial charge >= 0.3 is 0 Å². The number of hydrogen-bond donors (Lipinski definition) is 6. The van der Waals surface area contributed by atoms with Crippen molar-refractivity contribution in [3.05, 3.63) is 59.0 Å². The summed E-state index contributed by atoms with van der Waals surface area (Å²) in [4.78, 5) is 13.2. The molecule has 2 aliphatic rings. The standard InChI is InChI=1S/C27H30O13/c1-35-14-4-2-13(3-5-14)17-10-36-18-8-15(6-7-16(18)20(17)30)38-25-23(22(32)21(31)19(9-28)39-25)40-26-24(33)27(34,11-29)12-37-26/h2-8,10,19,21-26,28-29,31-34H,9,11-12H2,1H3/t19-,21+,22+,23-,24-,25+,26+,27+/m0/s1. The minimum absolute atomic E-state index is 0.131. The number of methoxy groups -OCH3 is 1. The highest BCUT2D eigenvalue weighted by molar-refractivity contribution is 5.82. The second-order valence-electron chi connectivity index (χ2n) is 9.68. The summed E-state index contributed by atoms with van der Waals surface area (Å²) in [7, 11) is 1.54. The number of fused-ring (bicyclic) bond motifs is 1. The summed E-state index contributed by atoms with van der Waals surface area (Å²) in [6.45, 7) is -1.91. The fourth-order valence-corrected chi connectivity index (χ4v) is 4.65. The van der Waals surface area contributed by atoms with Gasteiger partial charge in [0.15, 0.2) is 17.8 Å². The first-order valence-electron chi connectivity index (χ1n) is 12.5. The lowest BCUT2D eigenvalue weighted by atomic mass is 9.98. The lowest BCUT2D eigenvalue weighted by Crippen LogP contribution is -2.62. The minimum Gasteiger partial charge on any atom is -0.497 e. The summed E-state index contributed by atoms with van der Waals surface area (Å²) in [6.07, 6.45) is -9.29. The SMILES string of the molecule is COc1ccc(-c2coc3cc(O[C@@H]4O[C@@H](CO)[C@@H](O)[C@@H](O)[C@@H]4O[C@H]4OC[C@](O)(CO)[C@H]4O)ccc3c2=O)cc1. The Kier molecular flexibility index (Phi) is 8.10. The number of ether oxygens (including phenoxy) is 5. The highest BCUT2D eigenvalue weighted by Crippen LogP contribution is 2.33. The van der Waals surface area contributed by atoms with Gasteiger partial charge < -0.3 is 58.7 Å². The molecule has 2 aromatic carbocycles. The van der Waals surface area contributed by atoms with Crippen molar-refractivity contribution in [1.29, 1.82) is 0 Å². The van der Waals surface area contributed by atoms with Gasteiger partial charge in [0.05, 0.1) is 37.9 Å². The molecule has 0 spiro atoms. The average Bonchev–Trinajstić information content (AvgIpc) is 3.26. The van der Waals surface area contributed by atoms with Gasteiger partial charge in [-0.3, -0.25) is 4.79 Å². The van der Waals surface area contributed by atoms with Gasteiger partial charge in [0.2, 0.25) is 6.29 Å². The Labute approximate surface area is 227 Å². The maximum Gasteiger partial charge on any atom is 0.229 e. The number of aliphatic hydroxyl groups is 6. The Morgan fingerprint density at radius 1 is 1.00 bits per heavy atom. The van der Waals surface area contributed by atoms with Gasteiger partial charge in [-0.15, -0.1) is 0 Å². The third kappa shape index (κ3) is 5.19. The van der Waals surface area contributed by atoms with E-state index in [1.165, 1.54) is 24.5 Å². The van der Waals surface area contributed by atoms with E-state index >= 15 is 0 Å². The molecular formula is C27H30O13. The van der Waals surface area contributed by atoms with Crippen LogP contribution in [-0.2, 0) is 14.2 Å². The number of benzene rings is 2. The molecule has 2 saturated heterocycles. The number of hydrogen-bond acceptors (Lipinski definition) is 13. The predicted octanol–water partition coefficient (Wildman–Crippen LogP) is -0.888. The van der Waals surface area contributed by atoms with E-state index in [2.05, 4.69) is 0 Å². The quantitative estimate of drug-likeness (QED) is 0.198. The molecule has 3 aromatic rings. The molecule has 0 amide bonds. The van der Waals surface area contributed by atoms with Crippen LogP contribution >= 0.6 is 0 Å². The molecule has 13 heteroatoms. The first-order valence-corrected chi connectivity index (χ1v) is 12.5. The zero-order chi connectivity index (χ0) is 28.6. The molecule has 2 fully saturated rings. The monoisotopic (exact) mass is 562 g/mol. The summed E-state index contributed by atoms with van der Waals surface area (Å²) in [5.41, 5.74) is -1.10. The third-order valence-corrected chi connectivity index (χ3v) is 7.09. The van der Waals surface area contributed by atoms with Crippen molar-refractivity contribution in [1.82, 2.24) is 0 Å². The molecule has 2 aliphatic heterocycles. The van der Waals surface area contributed by atoms with Crippen LogP contribution < -0.4 is 14.9 Å². The van der Waals surface area contributed by atoms with E-state index in [-0.39, 0.29) is 22.1 Å². The van der Waals surface area contributed by atoms with Gasteiger partial charge in [-0.2, -0.15) is 0 Å². The lowest BCUT2D eigenvalue weighted by molar-refractivity contribution is -0.318. The average molecular weight is 563 g/mol. The molecule has 8 atom stereocenters. The van der Waals surface area contributed by atoms with E-state index in [1.54, 1.807) is 31.4 Å². The first-order chi connectivity index (χ1) is 19.2. The fraction of sp³-hybridized carbons (Fsp3) is 0.444. The van der Waals surface area contributed by atoms with Gasteiger partial charge in [-0.25, -0.2) is 0 Å². The number of rotatable bonds is 8. The van der Waals surface area contributed by atoms with Crippen LogP contribution in [0.1, 0.15) is 0 Å². The molecule has 0 bridgehead atoms. The van der Waals surface area contributed by atoms with Crippen molar-refractivity contribution >= 4 is 11.0 Å². The van der Waals surface area contributed by atoms with Gasteiger partial charge in [0, 0.05) is 6.07 Å². The summed E-state index contributed by atoms with van der Waals surface area (Å²) >= 11 is 0. The molecule has 0 radical (unpaired) electrons. The molecule has 5 rings (SSSR count). The van der Waals surface area contributed by atoms with Gasteiger partial charge in [0.1, 0.15) is 53.4 Å². The Bertz CT molecular complexity index is 1380. The van der Waals surface area contributed by atoms with E-state index in [4.69, 9.17) is 28.1 Å². The summed E-state index contributed by atoms with van der Waals surface area (Å²) in [5.74, 6) is 0.772. The van der Waals surface area contributed by atoms with E-state index in [0.29, 0.717) is 16.9 Å². The maximum atomic E-state index is 13.2. The van der Waals surface area contributed by atoms with Crippen LogP contribution in [0.3, 0.4) is 0 Å². The second-order valence-corrected chi connectivity index (χ2v) is 9.68. The highest BCUT2D eigenvalue weighted by atomic mass is 16.8. The summed E-state index contributed by atoms with van der Waals surface area (Å²) in [5, 5.41) is 61.0. The van der Waals surface area contributed by atoms with Gasteiger partial charge in [0.25, 0.3) is 0 Å². The largest absolute Gasteiger partial charge is 0.497 e. The zero-order valence-corrected chi connectivity index (χ0v) is 21.3. The molecule has 40 heavy (non-hydrogen) atoms. The fourth-order valence-electron chi connectivity index (χ4n) is 4.65. The molecule has 13 nitrogen and oxygen atoms in total. The molecular weight excluding hydrogens is 532 g/mol. The Morgan fingerprint density at radius 3 is 2.38 bits per heavy atom. The van der Waals surface area contributed by atoms with Gasteiger partial charge in [-0.1, -0.05) is 12.1 Å².